The second-order valence-corrected chi connectivity index (χ2v) is 13.5. The number of fused-ring (bicyclic) bond motifs is 1. The average Bonchev–Trinajstić information content (AvgIpc) is 3.40. The SMILES string of the molecule is CC1(C)CC[C@H](Nc2ncc(C(F)(F)F)c(-c3cn(S(=O)(=O)c4ccccc4)c4ccccc34)n2)CN1Cc1ccccc1. The highest BCUT2D eigenvalue weighted by Gasteiger charge is 2.38. The molecular formula is C33H32F3N5O2S. The zero-order chi connectivity index (χ0) is 31.1. The van der Waals surface area contributed by atoms with Crippen LogP contribution in [0.3, 0.4) is 0 Å². The highest BCUT2D eigenvalue weighted by molar-refractivity contribution is 7.90. The standard InChI is InChI=1S/C33H32F3N5O2S/c1-32(2)18-17-24(21-40(32)20-23-11-5-3-6-12-23)38-31-37-19-28(33(34,35)36)30(39-31)27-22-41(29-16-10-9-15-26(27)29)44(42,43)25-13-7-4-8-14-25/h3-16,19,22,24H,17-18,20-21H2,1-2H3,(H,37,38,39)/t24-/m0/s1. The molecule has 0 radical (unpaired) electrons. The third-order valence-electron chi connectivity index (χ3n) is 8.28. The van der Waals surface area contributed by atoms with Crippen LogP contribution in [0.5, 0.6) is 0 Å². The molecule has 1 aliphatic rings. The van der Waals surface area contributed by atoms with Crippen LogP contribution in [0.1, 0.15) is 37.8 Å². The molecule has 0 bridgehead atoms. The zero-order valence-electron chi connectivity index (χ0n) is 24.3. The summed E-state index contributed by atoms with van der Waals surface area (Å²) in [6, 6.07) is 24.3. The second kappa shape index (κ2) is 11.4. The Morgan fingerprint density at radius 3 is 2.32 bits per heavy atom. The lowest BCUT2D eigenvalue weighted by atomic mass is 9.87. The van der Waals surface area contributed by atoms with Crippen LogP contribution in [-0.2, 0) is 22.7 Å². The van der Waals surface area contributed by atoms with E-state index in [0.717, 1.165) is 29.6 Å². The van der Waals surface area contributed by atoms with Crippen molar-refractivity contribution in [1.29, 1.82) is 0 Å². The van der Waals surface area contributed by atoms with E-state index in [2.05, 4.69) is 46.2 Å². The van der Waals surface area contributed by atoms with Crippen molar-refractivity contribution in [2.24, 2.45) is 0 Å². The summed E-state index contributed by atoms with van der Waals surface area (Å²) >= 11 is 0. The topological polar surface area (TPSA) is 80.1 Å². The molecule has 0 unspecified atom stereocenters. The fraction of sp³-hybridized carbons (Fsp3) is 0.273. The summed E-state index contributed by atoms with van der Waals surface area (Å²) in [5, 5.41) is 3.61. The van der Waals surface area contributed by atoms with Crippen molar-refractivity contribution in [1.82, 2.24) is 18.8 Å². The number of aromatic nitrogens is 3. The molecule has 11 heteroatoms. The predicted octanol–water partition coefficient (Wildman–Crippen LogP) is 7.21. The summed E-state index contributed by atoms with van der Waals surface area (Å²) < 4.78 is 71.3. The van der Waals surface area contributed by atoms with E-state index >= 15 is 0 Å². The number of para-hydroxylation sites is 1. The van der Waals surface area contributed by atoms with Gasteiger partial charge in [0.25, 0.3) is 10.0 Å². The summed E-state index contributed by atoms with van der Waals surface area (Å²) in [6.07, 6.45) is -1.12. The third-order valence-corrected chi connectivity index (χ3v) is 9.97. The number of likely N-dealkylation sites (tertiary alicyclic amines) is 1. The van der Waals surface area contributed by atoms with Gasteiger partial charge in [0.15, 0.2) is 0 Å². The first-order chi connectivity index (χ1) is 20.9. The van der Waals surface area contributed by atoms with Gasteiger partial charge in [-0.1, -0.05) is 66.7 Å². The van der Waals surface area contributed by atoms with Gasteiger partial charge < -0.3 is 5.32 Å². The number of anilines is 1. The molecule has 0 amide bonds. The summed E-state index contributed by atoms with van der Waals surface area (Å²) in [6.45, 7) is 5.77. The highest BCUT2D eigenvalue weighted by Crippen LogP contribution is 2.40. The highest BCUT2D eigenvalue weighted by atomic mass is 32.2. The first-order valence-electron chi connectivity index (χ1n) is 14.3. The molecule has 3 aromatic carbocycles. The van der Waals surface area contributed by atoms with Crippen LogP contribution < -0.4 is 5.32 Å². The molecular weight excluding hydrogens is 587 g/mol. The number of halogens is 3. The van der Waals surface area contributed by atoms with E-state index in [0.29, 0.717) is 11.9 Å². The van der Waals surface area contributed by atoms with Crippen molar-refractivity contribution in [3.8, 4) is 11.3 Å². The Morgan fingerprint density at radius 2 is 1.61 bits per heavy atom. The molecule has 228 valence electrons. The van der Waals surface area contributed by atoms with Gasteiger partial charge in [-0.25, -0.2) is 22.4 Å². The largest absolute Gasteiger partial charge is 0.419 e. The molecule has 1 saturated heterocycles. The smallest absolute Gasteiger partial charge is 0.350 e. The van der Waals surface area contributed by atoms with Crippen LogP contribution >= 0.6 is 0 Å². The molecule has 44 heavy (non-hydrogen) atoms. The third kappa shape index (κ3) is 5.81. The molecule has 0 spiro atoms. The van der Waals surface area contributed by atoms with E-state index in [1.54, 1.807) is 42.5 Å². The lowest BCUT2D eigenvalue weighted by Gasteiger charge is -2.45. The predicted molar refractivity (Wildman–Crippen MR) is 165 cm³/mol. The molecule has 1 aliphatic heterocycles. The molecule has 1 atom stereocenters. The van der Waals surface area contributed by atoms with Gasteiger partial charge in [-0.2, -0.15) is 13.2 Å². The van der Waals surface area contributed by atoms with Crippen LogP contribution in [0, 0.1) is 0 Å². The maximum atomic E-state index is 14.3. The summed E-state index contributed by atoms with van der Waals surface area (Å²) in [4.78, 5) is 10.8. The van der Waals surface area contributed by atoms with Crippen LogP contribution in [0.15, 0.2) is 102 Å². The number of nitrogens with one attached hydrogen (secondary N) is 1. The van der Waals surface area contributed by atoms with Crippen molar-refractivity contribution in [3.05, 3.63) is 108 Å². The van der Waals surface area contributed by atoms with Crippen LogP contribution in [0.2, 0.25) is 0 Å². The Labute approximate surface area is 254 Å². The van der Waals surface area contributed by atoms with Gasteiger partial charge >= 0.3 is 6.18 Å². The van der Waals surface area contributed by atoms with Gasteiger partial charge in [0.2, 0.25) is 5.95 Å². The Bertz CT molecular complexity index is 1890. The fourth-order valence-electron chi connectivity index (χ4n) is 5.78. The molecule has 7 nitrogen and oxygen atoms in total. The summed E-state index contributed by atoms with van der Waals surface area (Å²) in [5.41, 5.74) is -0.0149. The zero-order valence-corrected chi connectivity index (χ0v) is 25.1. The minimum Gasteiger partial charge on any atom is -0.350 e. The number of nitrogens with zero attached hydrogens (tertiary/aromatic N) is 4. The Morgan fingerprint density at radius 1 is 0.955 bits per heavy atom. The second-order valence-electron chi connectivity index (χ2n) is 11.7. The molecule has 5 aromatic rings. The fourth-order valence-corrected chi connectivity index (χ4v) is 7.17. The van der Waals surface area contributed by atoms with Gasteiger partial charge in [0, 0.05) is 48.0 Å². The lowest BCUT2D eigenvalue weighted by Crippen LogP contribution is -2.53. The van der Waals surface area contributed by atoms with Gasteiger partial charge in [-0.15, -0.1) is 0 Å². The van der Waals surface area contributed by atoms with Gasteiger partial charge in [0.05, 0.1) is 16.1 Å². The van der Waals surface area contributed by atoms with Crippen molar-refractivity contribution < 1.29 is 21.6 Å². The molecule has 0 aliphatic carbocycles. The number of piperidine rings is 1. The molecule has 1 N–H and O–H groups in total. The number of benzene rings is 3. The monoisotopic (exact) mass is 619 g/mol. The Hall–Kier alpha value is -4.22. The quantitative estimate of drug-likeness (QED) is 0.207. The van der Waals surface area contributed by atoms with Crippen molar-refractivity contribution >= 4 is 26.9 Å². The Balaban J connectivity index is 1.38. The minimum atomic E-state index is -4.77. The van der Waals surface area contributed by atoms with E-state index in [4.69, 9.17) is 0 Å². The molecule has 6 rings (SSSR count). The number of hydrogen-bond acceptors (Lipinski definition) is 6. The van der Waals surface area contributed by atoms with Crippen LogP contribution in [0.4, 0.5) is 19.1 Å². The number of hydrogen-bond donors (Lipinski definition) is 1. The Kier molecular flexibility index (Phi) is 7.71. The molecule has 0 saturated carbocycles. The van der Waals surface area contributed by atoms with Gasteiger partial charge in [0.1, 0.15) is 5.56 Å². The number of alkyl halides is 3. The summed E-state index contributed by atoms with van der Waals surface area (Å²) in [7, 11) is -4.11. The lowest BCUT2D eigenvalue weighted by molar-refractivity contribution is -0.137. The molecule has 1 fully saturated rings. The minimum absolute atomic E-state index is 0.0219. The van der Waals surface area contributed by atoms with Gasteiger partial charge in [-0.3, -0.25) is 4.90 Å². The molecule has 3 heterocycles. The van der Waals surface area contributed by atoms with E-state index < -0.39 is 21.8 Å². The first-order valence-corrected chi connectivity index (χ1v) is 15.8. The van der Waals surface area contributed by atoms with E-state index in [-0.39, 0.29) is 39.2 Å². The maximum absolute atomic E-state index is 14.3. The van der Waals surface area contributed by atoms with Gasteiger partial charge in [-0.05, 0) is 50.5 Å². The van der Waals surface area contributed by atoms with E-state index in [1.165, 1.54) is 23.9 Å². The van der Waals surface area contributed by atoms with Crippen LogP contribution in [0.25, 0.3) is 22.2 Å². The van der Waals surface area contributed by atoms with Crippen molar-refractivity contribution in [3.63, 3.8) is 0 Å². The van der Waals surface area contributed by atoms with E-state index in [9.17, 15) is 21.6 Å². The normalized spacial score (nSPS) is 17.5. The first kappa shape index (κ1) is 29.8. The average molecular weight is 620 g/mol. The van der Waals surface area contributed by atoms with E-state index in [1.807, 2.05) is 18.2 Å². The maximum Gasteiger partial charge on any atom is 0.419 e. The summed E-state index contributed by atoms with van der Waals surface area (Å²) in [5.74, 6) is 0.0557. The number of rotatable bonds is 7. The van der Waals surface area contributed by atoms with Crippen molar-refractivity contribution in [2.75, 3.05) is 11.9 Å². The molecule has 2 aromatic heterocycles. The van der Waals surface area contributed by atoms with Crippen LogP contribution in [-0.4, -0.2) is 45.4 Å². The van der Waals surface area contributed by atoms with Crippen molar-refractivity contribution in [2.45, 2.75) is 55.9 Å².